The molecule has 15 heavy (non-hydrogen) atoms. The average Bonchev–Trinajstić information content (AvgIpc) is 2.28. The van der Waals surface area contributed by atoms with Crippen molar-refractivity contribution in [3.63, 3.8) is 0 Å². The van der Waals surface area contributed by atoms with Gasteiger partial charge in [0.05, 0.1) is 5.60 Å². The molecule has 1 aliphatic rings. The van der Waals surface area contributed by atoms with Crippen LogP contribution in [0.4, 0.5) is 0 Å². The Morgan fingerprint density at radius 2 is 2.20 bits per heavy atom. The van der Waals surface area contributed by atoms with Gasteiger partial charge < -0.3 is 20.8 Å². The van der Waals surface area contributed by atoms with Crippen LogP contribution in [0.15, 0.2) is 0 Å². The molecule has 1 saturated heterocycles. The highest BCUT2D eigenvalue weighted by atomic mass is 16.4. The van der Waals surface area contributed by atoms with E-state index in [1.165, 1.54) is 0 Å². The summed E-state index contributed by atoms with van der Waals surface area (Å²) in [7, 11) is 0. The van der Waals surface area contributed by atoms with Gasteiger partial charge >= 0.3 is 5.97 Å². The van der Waals surface area contributed by atoms with Crippen LogP contribution in [0.2, 0.25) is 0 Å². The SMILES string of the molecule is CC1(O)CCCN(CC(N)C(=O)O)CC1. The van der Waals surface area contributed by atoms with E-state index in [0.717, 1.165) is 19.4 Å². The van der Waals surface area contributed by atoms with Gasteiger partial charge in [-0.3, -0.25) is 4.79 Å². The van der Waals surface area contributed by atoms with Gasteiger partial charge in [0.25, 0.3) is 0 Å². The summed E-state index contributed by atoms with van der Waals surface area (Å²) in [5.74, 6) is -0.967. The maximum Gasteiger partial charge on any atom is 0.321 e. The van der Waals surface area contributed by atoms with E-state index in [1.54, 1.807) is 0 Å². The van der Waals surface area contributed by atoms with E-state index in [0.29, 0.717) is 19.5 Å². The molecule has 88 valence electrons. The van der Waals surface area contributed by atoms with Crippen molar-refractivity contribution in [3.05, 3.63) is 0 Å². The van der Waals surface area contributed by atoms with Crippen LogP contribution in [0.5, 0.6) is 0 Å². The second-order valence-corrected chi connectivity index (χ2v) is 4.60. The predicted octanol–water partition coefficient (Wildman–Crippen LogP) is -0.365. The third kappa shape index (κ3) is 4.15. The van der Waals surface area contributed by atoms with E-state index in [9.17, 15) is 9.90 Å². The monoisotopic (exact) mass is 216 g/mol. The standard InChI is InChI=1S/C10H20N2O3/c1-10(15)3-2-5-12(6-4-10)7-8(11)9(13)14/h8,15H,2-7,11H2,1H3,(H,13,14). The quantitative estimate of drug-likeness (QED) is 0.599. The highest BCUT2D eigenvalue weighted by Gasteiger charge is 2.26. The maximum atomic E-state index is 10.6. The molecule has 4 N–H and O–H groups in total. The summed E-state index contributed by atoms with van der Waals surface area (Å²) in [5, 5.41) is 18.5. The lowest BCUT2D eigenvalue weighted by molar-refractivity contribution is -0.139. The zero-order valence-corrected chi connectivity index (χ0v) is 9.15. The molecule has 2 atom stereocenters. The number of carboxylic acid groups (broad SMARTS) is 1. The van der Waals surface area contributed by atoms with E-state index in [4.69, 9.17) is 10.8 Å². The molecule has 1 aliphatic heterocycles. The van der Waals surface area contributed by atoms with Crippen molar-refractivity contribution in [2.75, 3.05) is 19.6 Å². The number of carbonyl (C=O) groups is 1. The second-order valence-electron chi connectivity index (χ2n) is 4.60. The number of aliphatic carboxylic acids is 1. The van der Waals surface area contributed by atoms with Gasteiger partial charge in [-0.1, -0.05) is 0 Å². The lowest BCUT2D eigenvalue weighted by Crippen LogP contribution is -2.43. The first-order valence-corrected chi connectivity index (χ1v) is 5.34. The van der Waals surface area contributed by atoms with Crippen LogP contribution < -0.4 is 5.73 Å². The van der Waals surface area contributed by atoms with E-state index < -0.39 is 17.6 Å². The van der Waals surface area contributed by atoms with Crippen molar-refractivity contribution in [2.45, 2.75) is 37.8 Å². The van der Waals surface area contributed by atoms with E-state index in [2.05, 4.69) is 0 Å². The number of nitrogens with zero attached hydrogens (tertiary/aromatic N) is 1. The van der Waals surface area contributed by atoms with E-state index in [-0.39, 0.29) is 0 Å². The van der Waals surface area contributed by atoms with Gasteiger partial charge in [-0.05, 0) is 32.7 Å². The Bertz CT molecular complexity index is 231. The van der Waals surface area contributed by atoms with E-state index >= 15 is 0 Å². The summed E-state index contributed by atoms with van der Waals surface area (Å²) in [6.07, 6.45) is 2.34. The Balaban J connectivity index is 2.41. The van der Waals surface area contributed by atoms with Crippen molar-refractivity contribution < 1.29 is 15.0 Å². The molecule has 0 aromatic carbocycles. The van der Waals surface area contributed by atoms with E-state index in [1.807, 2.05) is 11.8 Å². The molecule has 5 nitrogen and oxygen atoms in total. The first kappa shape index (κ1) is 12.4. The van der Waals surface area contributed by atoms with Crippen LogP contribution in [-0.2, 0) is 4.79 Å². The van der Waals surface area contributed by atoms with Gasteiger partial charge in [0.2, 0.25) is 0 Å². The number of aliphatic hydroxyl groups is 1. The molecule has 1 rings (SSSR count). The largest absolute Gasteiger partial charge is 0.480 e. The molecule has 2 unspecified atom stereocenters. The summed E-state index contributed by atoms with van der Waals surface area (Å²) < 4.78 is 0. The van der Waals surface area contributed by atoms with Gasteiger partial charge in [-0.15, -0.1) is 0 Å². The maximum absolute atomic E-state index is 10.6. The van der Waals surface area contributed by atoms with Crippen LogP contribution in [-0.4, -0.2) is 52.4 Å². The summed E-state index contributed by atoms with van der Waals surface area (Å²) in [6, 6.07) is -0.826. The molecule has 0 saturated carbocycles. The molecule has 0 radical (unpaired) electrons. The Kier molecular flexibility index (Phi) is 4.07. The number of hydrogen-bond donors (Lipinski definition) is 3. The predicted molar refractivity (Wildman–Crippen MR) is 56.5 cm³/mol. The Morgan fingerprint density at radius 1 is 1.53 bits per heavy atom. The fourth-order valence-corrected chi connectivity index (χ4v) is 1.86. The summed E-state index contributed by atoms with van der Waals surface area (Å²) in [5.41, 5.74) is 4.85. The number of carboxylic acids is 1. The van der Waals surface area contributed by atoms with Gasteiger partial charge in [0.1, 0.15) is 6.04 Å². The molecule has 0 aromatic rings. The third-order valence-electron chi connectivity index (χ3n) is 2.93. The summed E-state index contributed by atoms with van der Waals surface area (Å²) in [4.78, 5) is 12.6. The lowest BCUT2D eigenvalue weighted by Gasteiger charge is -2.23. The van der Waals surface area contributed by atoms with Crippen molar-refractivity contribution >= 4 is 5.97 Å². The molecule has 0 aromatic heterocycles. The van der Waals surface area contributed by atoms with Crippen molar-refractivity contribution in [1.82, 2.24) is 4.90 Å². The normalized spacial score (nSPS) is 30.9. The second kappa shape index (κ2) is 4.92. The zero-order chi connectivity index (χ0) is 11.5. The molecule has 0 spiro atoms. The molecule has 1 fully saturated rings. The highest BCUT2D eigenvalue weighted by molar-refractivity contribution is 5.73. The van der Waals surface area contributed by atoms with Crippen molar-refractivity contribution in [1.29, 1.82) is 0 Å². The van der Waals surface area contributed by atoms with Crippen molar-refractivity contribution in [2.24, 2.45) is 5.73 Å². The van der Waals surface area contributed by atoms with Crippen LogP contribution >= 0.6 is 0 Å². The fourth-order valence-electron chi connectivity index (χ4n) is 1.86. The smallest absolute Gasteiger partial charge is 0.321 e. The fraction of sp³-hybridized carbons (Fsp3) is 0.900. The minimum atomic E-state index is -0.967. The lowest BCUT2D eigenvalue weighted by atomic mass is 9.98. The highest BCUT2D eigenvalue weighted by Crippen LogP contribution is 2.21. The molecule has 5 heteroatoms. The van der Waals surface area contributed by atoms with Crippen LogP contribution in [0.1, 0.15) is 26.2 Å². The number of rotatable bonds is 3. The number of nitrogens with two attached hydrogens (primary N) is 1. The molecule has 0 aliphatic carbocycles. The molecule has 0 amide bonds. The zero-order valence-electron chi connectivity index (χ0n) is 9.15. The molecular formula is C10H20N2O3. The molecule has 1 heterocycles. The van der Waals surface area contributed by atoms with Crippen LogP contribution in [0, 0.1) is 0 Å². The third-order valence-corrected chi connectivity index (χ3v) is 2.93. The Hall–Kier alpha value is -0.650. The summed E-state index contributed by atoms with van der Waals surface area (Å²) >= 11 is 0. The Morgan fingerprint density at radius 3 is 2.80 bits per heavy atom. The topological polar surface area (TPSA) is 86.8 Å². The van der Waals surface area contributed by atoms with Crippen LogP contribution in [0.25, 0.3) is 0 Å². The average molecular weight is 216 g/mol. The number of likely N-dealkylation sites (tertiary alicyclic amines) is 1. The first-order chi connectivity index (χ1) is 6.91. The Labute approximate surface area is 89.9 Å². The van der Waals surface area contributed by atoms with Gasteiger partial charge in [0, 0.05) is 13.1 Å². The van der Waals surface area contributed by atoms with Crippen molar-refractivity contribution in [3.8, 4) is 0 Å². The molecular weight excluding hydrogens is 196 g/mol. The number of hydrogen-bond acceptors (Lipinski definition) is 4. The molecule has 0 bridgehead atoms. The van der Waals surface area contributed by atoms with Gasteiger partial charge in [-0.25, -0.2) is 0 Å². The summed E-state index contributed by atoms with van der Waals surface area (Å²) in [6.45, 7) is 3.73. The first-order valence-electron chi connectivity index (χ1n) is 5.34. The van der Waals surface area contributed by atoms with Gasteiger partial charge in [-0.2, -0.15) is 0 Å². The minimum absolute atomic E-state index is 0.366. The van der Waals surface area contributed by atoms with Crippen LogP contribution in [0.3, 0.4) is 0 Å². The minimum Gasteiger partial charge on any atom is -0.480 e. The van der Waals surface area contributed by atoms with Gasteiger partial charge in [0.15, 0.2) is 0 Å².